The second kappa shape index (κ2) is 10.6. The monoisotopic (exact) mass is 487 g/mol. The molecular weight excluding hydrogens is 462 g/mol. The van der Waals surface area contributed by atoms with Gasteiger partial charge in [0.05, 0.1) is 10.2 Å². The summed E-state index contributed by atoms with van der Waals surface area (Å²) in [5.41, 5.74) is 0.810. The van der Waals surface area contributed by atoms with Crippen LogP contribution < -0.4 is 14.8 Å². The fourth-order valence-corrected chi connectivity index (χ4v) is 4.90. The first-order valence-electron chi connectivity index (χ1n) is 11.5. The van der Waals surface area contributed by atoms with E-state index in [1.165, 1.54) is 11.3 Å². The Morgan fingerprint density at radius 2 is 1.60 bits per heavy atom. The smallest absolute Gasteiger partial charge is 0.260 e. The number of aromatic nitrogens is 1. The van der Waals surface area contributed by atoms with Gasteiger partial charge in [0.25, 0.3) is 5.91 Å². The van der Waals surface area contributed by atoms with Crippen LogP contribution in [0.3, 0.4) is 0 Å². The number of thiazole rings is 1. The molecule has 0 radical (unpaired) electrons. The lowest BCUT2D eigenvalue weighted by atomic mass is 9.96. The number of piperidine rings is 1. The van der Waals surface area contributed by atoms with Gasteiger partial charge in [-0.25, -0.2) is 4.98 Å². The van der Waals surface area contributed by atoms with Crippen molar-refractivity contribution in [2.45, 2.75) is 12.8 Å². The maximum absolute atomic E-state index is 12.8. The molecule has 7 nitrogen and oxygen atoms in total. The minimum Gasteiger partial charge on any atom is -0.484 e. The number of anilines is 1. The van der Waals surface area contributed by atoms with Crippen LogP contribution in [0.1, 0.15) is 12.8 Å². The largest absolute Gasteiger partial charge is 0.484 e. The van der Waals surface area contributed by atoms with Gasteiger partial charge in [0.2, 0.25) is 5.91 Å². The Bertz CT molecular complexity index is 1300. The summed E-state index contributed by atoms with van der Waals surface area (Å²) in [6.07, 6.45) is 1.23. The third-order valence-electron chi connectivity index (χ3n) is 5.89. The van der Waals surface area contributed by atoms with Crippen molar-refractivity contribution >= 4 is 38.5 Å². The van der Waals surface area contributed by atoms with Crippen LogP contribution in [0.4, 0.5) is 5.13 Å². The number of fused-ring (bicyclic) bond motifs is 1. The van der Waals surface area contributed by atoms with Crippen LogP contribution in [0.15, 0.2) is 78.9 Å². The molecule has 0 aliphatic carbocycles. The van der Waals surface area contributed by atoms with Crippen molar-refractivity contribution in [3.8, 4) is 17.2 Å². The lowest BCUT2D eigenvalue weighted by Crippen LogP contribution is -2.43. The molecule has 1 fully saturated rings. The van der Waals surface area contributed by atoms with Gasteiger partial charge < -0.3 is 19.7 Å². The molecule has 3 aromatic carbocycles. The van der Waals surface area contributed by atoms with Gasteiger partial charge in [0.1, 0.15) is 17.2 Å². The van der Waals surface area contributed by atoms with Gasteiger partial charge in [-0.05, 0) is 49.2 Å². The molecule has 5 rings (SSSR count). The van der Waals surface area contributed by atoms with Crippen LogP contribution in [0.2, 0.25) is 0 Å². The number of likely N-dealkylation sites (tertiary alicyclic amines) is 1. The van der Waals surface area contributed by atoms with E-state index in [0.717, 1.165) is 21.7 Å². The molecule has 0 spiro atoms. The van der Waals surface area contributed by atoms with Gasteiger partial charge in [0, 0.05) is 25.1 Å². The quantitative estimate of drug-likeness (QED) is 0.380. The molecule has 0 atom stereocenters. The van der Waals surface area contributed by atoms with Crippen molar-refractivity contribution in [3.05, 3.63) is 78.9 Å². The van der Waals surface area contributed by atoms with E-state index < -0.39 is 0 Å². The molecule has 4 aromatic rings. The number of nitrogens with zero attached hydrogens (tertiary/aromatic N) is 2. The minimum absolute atomic E-state index is 0.00254. The number of para-hydroxylation sites is 2. The molecule has 2 amide bonds. The molecule has 8 heteroatoms. The van der Waals surface area contributed by atoms with Gasteiger partial charge >= 0.3 is 0 Å². The van der Waals surface area contributed by atoms with Crippen molar-refractivity contribution in [2.24, 2.45) is 5.92 Å². The SMILES string of the molecule is O=C(Nc1nc2ccc(Oc3ccccc3)cc2s1)C1CCN(C(=O)COc2ccccc2)CC1. The average Bonchev–Trinajstić information content (AvgIpc) is 3.30. The van der Waals surface area contributed by atoms with Crippen molar-refractivity contribution in [3.63, 3.8) is 0 Å². The van der Waals surface area contributed by atoms with Crippen LogP contribution in [-0.4, -0.2) is 41.4 Å². The number of carbonyl (C=O) groups is 2. The number of hydrogen-bond donors (Lipinski definition) is 1. The van der Waals surface area contributed by atoms with E-state index in [9.17, 15) is 9.59 Å². The molecule has 1 aliphatic rings. The molecule has 0 saturated carbocycles. The first kappa shape index (κ1) is 22.9. The molecule has 1 saturated heterocycles. The van der Waals surface area contributed by atoms with Gasteiger partial charge in [-0.2, -0.15) is 0 Å². The van der Waals surface area contributed by atoms with Crippen LogP contribution >= 0.6 is 11.3 Å². The Hall–Kier alpha value is -3.91. The summed E-state index contributed by atoms with van der Waals surface area (Å²) in [6.45, 7) is 1.08. The van der Waals surface area contributed by atoms with Crippen LogP contribution in [-0.2, 0) is 9.59 Å². The van der Waals surface area contributed by atoms with Gasteiger partial charge in [-0.1, -0.05) is 47.7 Å². The Balaban J connectivity index is 1.13. The second-order valence-electron chi connectivity index (χ2n) is 8.31. The number of rotatable bonds is 7. The highest BCUT2D eigenvalue weighted by atomic mass is 32.1. The second-order valence-corrected chi connectivity index (χ2v) is 9.34. The van der Waals surface area contributed by atoms with Crippen molar-refractivity contribution in [1.29, 1.82) is 0 Å². The van der Waals surface area contributed by atoms with E-state index in [0.29, 0.717) is 36.8 Å². The Kier molecular flexibility index (Phi) is 6.90. The molecule has 1 aliphatic heterocycles. The first-order chi connectivity index (χ1) is 17.1. The predicted octanol–water partition coefficient (Wildman–Crippen LogP) is 5.34. The molecule has 178 valence electrons. The normalized spacial score (nSPS) is 14.0. The number of amides is 2. The third kappa shape index (κ3) is 5.78. The molecule has 0 bridgehead atoms. The van der Waals surface area contributed by atoms with E-state index in [1.54, 1.807) is 4.90 Å². The fraction of sp³-hybridized carbons (Fsp3) is 0.222. The molecule has 2 heterocycles. The zero-order valence-corrected chi connectivity index (χ0v) is 19.9. The van der Waals surface area contributed by atoms with Crippen LogP contribution in [0, 0.1) is 5.92 Å². The standard InChI is InChI=1S/C27H25N3O4S/c31-25(18-33-20-7-3-1-4-8-20)30-15-13-19(14-16-30)26(32)29-27-28-23-12-11-22(17-24(23)35-27)34-21-9-5-2-6-10-21/h1-12,17,19H,13-16,18H2,(H,28,29,32). The maximum Gasteiger partial charge on any atom is 0.260 e. The summed E-state index contributed by atoms with van der Waals surface area (Å²) in [6, 6.07) is 24.6. The minimum atomic E-state index is -0.155. The molecule has 0 unspecified atom stereocenters. The highest BCUT2D eigenvalue weighted by Crippen LogP contribution is 2.32. The Morgan fingerprint density at radius 1 is 0.914 bits per heavy atom. The number of ether oxygens (including phenoxy) is 2. The lowest BCUT2D eigenvalue weighted by Gasteiger charge is -2.31. The average molecular weight is 488 g/mol. The van der Waals surface area contributed by atoms with Crippen LogP contribution in [0.25, 0.3) is 10.2 Å². The summed E-state index contributed by atoms with van der Waals surface area (Å²) in [4.78, 5) is 31.6. The Labute approximate surface area is 207 Å². The molecule has 1 N–H and O–H groups in total. The van der Waals surface area contributed by atoms with Crippen LogP contribution in [0.5, 0.6) is 17.2 Å². The molecule has 1 aromatic heterocycles. The van der Waals surface area contributed by atoms with Crippen molar-refractivity contribution < 1.29 is 19.1 Å². The van der Waals surface area contributed by atoms with E-state index >= 15 is 0 Å². The first-order valence-corrected chi connectivity index (χ1v) is 12.4. The number of benzene rings is 3. The summed E-state index contributed by atoms with van der Waals surface area (Å²) >= 11 is 1.42. The van der Waals surface area contributed by atoms with Gasteiger partial charge in [-0.15, -0.1) is 0 Å². The molecular formula is C27H25N3O4S. The summed E-state index contributed by atoms with van der Waals surface area (Å²) < 4.78 is 12.4. The number of hydrogen-bond acceptors (Lipinski definition) is 6. The van der Waals surface area contributed by atoms with E-state index in [1.807, 2.05) is 78.9 Å². The van der Waals surface area contributed by atoms with E-state index in [2.05, 4.69) is 10.3 Å². The molecule has 35 heavy (non-hydrogen) atoms. The highest BCUT2D eigenvalue weighted by molar-refractivity contribution is 7.22. The Morgan fingerprint density at radius 3 is 2.31 bits per heavy atom. The highest BCUT2D eigenvalue weighted by Gasteiger charge is 2.28. The predicted molar refractivity (Wildman–Crippen MR) is 136 cm³/mol. The lowest BCUT2D eigenvalue weighted by molar-refractivity contribution is -0.136. The zero-order chi connectivity index (χ0) is 24.0. The van der Waals surface area contributed by atoms with Crippen molar-refractivity contribution in [2.75, 3.05) is 25.0 Å². The van der Waals surface area contributed by atoms with E-state index in [-0.39, 0.29) is 24.3 Å². The maximum atomic E-state index is 12.8. The summed E-state index contributed by atoms with van der Waals surface area (Å²) in [5, 5.41) is 3.53. The van der Waals surface area contributed by atoms with Gasteiger partial charge in [-0.3, -0.25) is 9.59 Å². The topological polar surface area (TPSA) is 80.8 Å². The van der Waals surface area contributed by atoms with Gasteiger partial charge in [0.15, 0.2) is 11.7 Å². The number of carbonyl (C=O) groups excluding carboxylic acids is 2. The van der Waals surface area contributed by atoms with E-state index in [4.69, 9.17) is 9.47 Å². The number of nitrogens with one attached hydrogen (secondary N) is 1. The fourth-order valence-electron chi connectivity index (χ4n) is 4.00. The zero-order valence-electron chi connectivity index (χ0n) is 19.1. The third-order valence-corrected chi connectivity index (χ3v) is 6.83. The summed E-state index contributed by atoms with van der Waals surface area (Å²) in [7, 11) is 0. The van der Waals surface area contributed by atoms with Crippen molar-refractivity contribution in [1.82, 2.24) is 9.88 Å². The summed E-state index contributed by atoms with van der Waals surface area (Å²) in [5.74, 6) is 1.88.